The molecule has 0 aromatic heterocycles. The van der Waals surface area contributed by atoms with Gasteiger partial charge in [0.25, 0.3) is 0 Å². The zero-order valence-corrected chi connectivity index (χ0v) is 17.9. The van der Waals surface area contributed by atoms with E-state index in [9.17, 15) is 0 Å². The SMILES string of the molecule is Cl.Cl.[C-]1=Cc2ccccc2C1.[NH2-].[Zr+4].[c-]1ccccc1.[c-]1ccccc1. The molecule has 0 bridgehead atoms. The van der Waals surface area contributed by atoms with Crippen molar-refractivity contribution in [2.24, 2.45) is 0 Å². The van der Waals surface area contributed by atoms with Gasteiger partial charge in [0.05, 0.1) is 0 Å². The van der Waals surface area contributed by atoms with Crippen LogP contribution in [0.1, 0.15) is 11.1 Å². The van der Waals surface area contributed by atoms with Crippen LogP contribution in [0, 0.1) is 18.2 Å². The van der Waals surface area contributed by atoms with Crippen LogP contribution < -0.4 is 0 Å². The zero-order valence-electron chi connectivity index (χ0n) is 13.8. The first-order valence-electron chi connectivity index (χ1n) is 6.93. The molecule has 0 heterocycles. The van der Waals surface area contributed by atoms with Crippen LogP contribution in [0.2, 0.25) is 0 Å². The summed E-state index contributed by atoms with van der Waals surface area (Å²) >= 11 is 0. The van der Waals surface area contributed by atoms with Gasteiger partial charge in [-0.2, -0.15) is 78.4 Å². The van der Waals surface area contributed by atoms with Gasteiger partial charge in [0.2, 0.25) is 0 Å². The molecule has 0 aliphatic heterocycles. The number of hydrogen-bond donors (Lipinski definition) is 0. The van der Waals surface area contributed by atoms with Crippen molar-refractivity contribution in [2.45, 2.75) is 6.42 Å². The Bertz CT molecular complexity index is 561. The molecule has 128 valence electrons. The summed E-state index contributed by atoms with van der Waals surface area (Å²) in [6.07, 6.45) is 6.21. The minimum absolute atomic E-state index is 0. The van der Waals surface area contributed by atoms with Crippen LogP contribution in [-0.2, 0) is 32.6 Å². The largest absolute Gasteiger partial charge is 4.00 e. The molecule has 0 radical (unpaired) electrons. The van der Waals surface area contributed by atoms with Gasteiger partial charge < -0.3 is 6.15 Å². The number of hydrogen-bond acceptors (Lipinski definition) is 0. The minimum atomic E-state index is 0. The molecule has 4 rings (SSSR count). The van der Waals surface area contributed by atoms with Crippen LogP contribution in [0.5, 0.6) is 0 Å². The van der Waals surface area contributed by atoms with E-state index in [1.165, 1.54) is 11.1 Å². The topological polar surface area (TPSA) is 33.5 Å². The molecular formula is C21H21Cl2NZr. The van der Waals surface area contributed by atoms with Gasteiger partial charge in [-0.1, -0.05) is 18.2 Å². The third-order valence-electron chi connectivity index (χ3n) is 2.82. The summed E-state index contributed by atoms with van der Waals surface area (Å²) in [5.74, 6) is 0. The molecule has 0 atom stereocenters. The van der Waals surface area contributed by atoms with E-state index in [1.807, 2.05) is 60.7 Å². The standard InChI is InChI=1S/C9H7.2C6H5.2ClH.H2N.Zr/c1-2-5-9-7-3-6-8(9)4-1;2*1-2-4-6-5-3-1;;;;/h1-2,4-6H,7H2;2*1-5H;2*1H;1H2;/q3*-1;;;-1;+4. The molecule has 1 nitrogen and oxygen atoms in total. The number of nitrogens with two attached hydrogens (primary N) is 1. The van der Waals surface area contributed by atoms with E-state index in [1.54, 1.807) is 0 Å². The van der Waals surface area contributed by atoms with Crippen molar-refractivity contribution in [1.82, 2.24) is 0 Å². The van der Waals surface area contributed by atoms with Crippen LogP contribution >= 0.6 is 24.8 Å². The van der Waals surface area contributed by atoms with Crippen LogP contribution in [0.4, 0.5) is 0 Å². The Balaban J connectivity index is -0.000000276. The molecule has 0 spiro atoms. The Morgan fingerprint density at radius 1 is 0.640 bits per heavy atom. The van der Waals surface area contributed by atoms with Crippen molar-refractivity contribution in [3.8, 4) is 0 Å². The molecule has 2 N–H and O–H groups in total. The molecule has 0 fully saturated rings. The summed E-state index contributed by atoms with van der Waals surface area (Å²) in [5.41, 5.74) is 2.73. The Hall–Kier alpha value is -1.18. The quantitative estimate of drug-likeness (QED) is 0.347. The van der Waals surface area contributed by atoms with Gasteiger partial charge in [0, 0.05) is 0 Å². The molecular weight excluding hydrogens is 428 g/mol. The second-order valence-electron chi connectivity index (χ2n) is 4.38. The first-order valence-corrected chi connectivity index (χ1v) is 6.93. The number of allylic oxidation sites excluding steroid dienone is 1. The van der Waals surface area contributed by atoms with E-state index in [-0.39, 0.29) is 57.2 Å². The van der Waals surface area contributed by atoms with E-state index < -0.39 is 0 Å². The van der Waals surface area contributed by atoms with Crippen LogP contribution in [0.3, 0.4) is 0 Å². The first kappa shape index (κ1) is 28.6. The van der Waals surface area contributed by atoms with Crippen LogP contribution in [0.15, 0.2) is 84.9 Å². The maximum absolute atomic E-state index is 3.16. The fourth-order valence-electron chi connectivity index (χ4n) is 1.79. The number of fused-ring (bicyclic) bond motifs is 1. The molecule has 1 aliphatic rings. The van der Waals surface area contributed by atoms with Gasteiger partial charge in [-0.3, -0.25) is 6.08 Å². The predicted molar refractivity (Wildman–Crippen MR) is 108 cm³/mol. The zero-order chi connectivity index (χ0) is 14.6. The fourth-order valence-corrected chi connectivity index (χ4v) is 1.79. The average Bonchev–Trinajstić information content (AvgIpc) is 3.08. The van der Waals surface area contributed by atoms with Gasteiger partial charge in [0.1, 0.15) is 0 Å². The maximum Gasteiger partial charge on any atom is 4.00 e. The third-order valence-corrected chi connectivity index (χ3v) is 2.82. The smallest absolute Gasteiger partial charge is 0.693 e. The maximum atomic E-state index is 3.16. The molecule has 4 heteroatoms. The molecule has 3 aromatic carbocycles. The third kappa shape index (κ3) is 12.8. The van der Waals surface area contributed by atoms with E-state index >= 15 is 0 Å². The number of rotatable bonds is 0. The summed E-state index contributed by atoms with van der Waals surface area (Å²) in [6.45, 7) is 0. The van der Waals surface area contributed by atoms with E-state index in [4.69, 9.17) is 0 Å². The Labute approximate surface area is 183 Å². The van der Waals surface area contributed by atoms with Crippen molar-refractivity contribution in [3.05, 3.63) is 120 Å². The molecule has 3 aromatic rings. The molecule has 1 aliphatic carbocycles. The van der Waals surface area contributed by atoms with Crippen LogP contribution in [-0.4, -0.2) is 0 Å². The first-order chi connectivity index (χ1) is 10.5. The van der Waals surface area contributed by atoms with Gasteiger partial charge in [-0.25, -0.2) is 6.08 Å². The van der Waals surface area contributed by atoms with Gasteiger partial charge >= 0.3 is 26.2 Å². The molecule has 0 saturated heterocycles. The Kier molecular flexibility index (Phi) is 21.9. The predicted octanol–water partition coefficient (Wildman–Crippen LogP) is 6.59. The van der Waals surface area contributed by atoms with Gasteiger partial charge in [-0.05, 0) is 0 Å². The van der Waals surface area contributed by atoms with Crippen molar-refractivity contribution in [2.75, 3.05) is 0 Å². The Morgan fingerprint density at radius 3 is 1.48 bits per heavy atom. The van der Waals surface area contributed by atoms with E-state index in [0.29, 0.717) is 0 Å². The average molecular weight is 450 g/mol. The normalized spacial score (nSPS) is 8.80. The molecule has 0 amide bonds. The second kappa shape index (κ2) is 19.2. The van der Waals surface area contributed by atoms with Crippen molar-refractivity contribution < 1.29 is 26.2 Å². The number of benzene rings is 3. The second-order valence-corrected chi connectivity index (χ2v) is 4.38. The molecule has 25 heavy (non-hydrogen) atoms. The van der Waals surface area contributed by atoms with Crippen molar-refractivity contribution >= 4 is 30.9 Å². The van der Waals surface area contributed by atoms with Gasteiger partial charge in [0.15, 0.2) is 0 Å². The summed E-state index contributed by atoms with van der Waals surface area (Å²) in [5, 5.41) is 0. The summed E-state index contributed by atoms with van der Waals surface area (Å²) in [7, 11) is 0. The molecule has 0 unspecified atom stereocenters. The monoisotopic (exact) mass is 447 g/mol. The minimum Gasteiger partial charge on any atom is -0.693 e. The van der Waals surface area contributed by atoms with E-state index in [0.717, 1.165) is 6.42 Å². The molecule has 0 saturated carbocycles. The summed E-state index contributed by atoms with van der Waals surface area (Å²) in [6, 6.07) is 33.4. The summed E-state index contributed by atoms with van der Waals surface area (Å²) < 4.78 is 0. The van der Waals surface area contributed by atoms with Crippen molar-refractivity contribution in [3.63, 3.8) is 0 Å². The van der Waals surface area contributed by atoms with Crippen LogP contribution in [0.25, 0.3) is 12.2 Å². The summed E-state index contributed by atoms with van der Waals surface area (Å²) in [4.78, 5) is 0. The number of halogens is 2. The van der Waals surface area contributed by atoms with E-state index in [2.05, 4.69) is 48.6 Å². The van der Waals surface area contributed by atoms with Crippen molar-refractivity contribution in [1.29, 1.82) is 0 Å². The fraction of sp³-hybridized carbons (Fsp3) is 0.0476. The Morgan fingerprint density at radius 2 is 1.12 bits per heavy atom. The van der Waals surface area contributed by atoms with Gasteiger partial charge in [-0.15, -0.1) is 42.9 Å².